The topological polar surface area (TPSA) is 38.3 Å². The van der Waals surface area contributed by atoms with Gasteiger partial charge in [-0.25, -0.2) is 4.79 Å². The van der Waals surface area contributed by atoms with Gasteiger partial charge in [-0.3, -0.25) is 0 Å². The van der Waals surface area contributed by atoms with Gasteiger partial charge in [-0.05, 0) is 45.0 Å². The van der Waals surface area contributed by atoms with Crippen LogP contribution in [0.15, 0.2) is 36.0 Å². The molecule has 0 radical (unpaired) electrons. The molecule has 21 heavy (non-hydrogen) atoms. The molecule has 1 aromatic carbocycles. The van der Waals surface area contributed by atoms with Crippen LogP contribution in [0, 0.1) is 0 Å². The molecule has 3 nitrogen and oxygen atoms in total. The molecule has 0 amide bonds. The van der Waals surface area contributed by atoms with Gasteiger partial charge in [0.1, 0.15) is 11.3 Å². The number of rotatable bonds is 3. The highest BCUT2D eigenvalue weighted by molar-refractivity contribution is 6.30. The number of benzene rings is 1. The van der Waals surface area contributed by atoms with E-state index in [4.69, 9.17) is 16.3 Å². The van der Waals surface area contributed by atoms with E-state index >= 15 is 0 Å². The van der Waals surface area contributed by atoms with E-state index < -0.39 is 23.4 Å². The van der Waals surface area contributed by atoms with Crippen molar-refractivity contribution in [2.75, 3.05) is 5.32 Å². The van der Waals surface area contributed by atoms with E-state index in [9.17, 15) is 18.0 Å². The molecule has 0 aliphatic heterocycles. The molecule has 0 aliphatic rings. The Morgan fingerprint density at radius 2 is 1.71 bits per heavy atom. The van der Waals surface area contributed by atoms with Crippen molar-refractivity contribution in [2.45, 2.75) is 32.5 Å². The summed E-state index contributed by atoms with van der Waals surface area (Å²) in [6, 6.07) is 5.62. The van der Waals surface area contributed by atoms with Gasteiger partial charge >= 0.3 is 12.1 Å². The van der Waals surface area contributed by atoms with Gasteiger partial charge in [-0.2, -0.15) is 13.2 Å². The lowest BCUT2D eigenvalue weighted by Crippen LogP contribution is -2.25. The second-order valence-electron chi connectivity index (χ2n) is 5.22. The molecule has 1 aromatic rings. The van der Waals surface area contributed by atoms with Gasteiger partial charge in [0.05, 0.1) is 6.08 Å². The van der Waals surface area contributed by atoms with Crippen molar-refractivity contribution in [2.24, 2.45) is 0 Å². The molecule has 1 N–H and O–H groups in total. The van der Waals surface area contributed by atoms with Crippen molar-refractivity contribution in [1.82, 2.24) is 0 Å². The largest absolute Gasteiger partial charge is 0.457 e. The first-order chi connectivity index (χ1) is 9.47. The van der Waals surface area contributed by atoms with Crippen LogP contribution >= 0.6 is 11.6 Å². The van der Waals surface area contributed by atoms with Crippen LogP contribution in [0.4, 0.5) is 18.9 Å². The summed E-state index contributed by atoms with van der Waals surface area (Å²) >= 11 is 5.66. The van der Waals surface area contributed by atoms with Crippen LogP contribution in [-0.2, 0) is 9.53 Å². The Balaban J connectivity index is 2.96. The monoisotopic (exact) mass is 321 g/mol. The fourth-order valence-electron chi connectivity index (χ4n) is 1.33. The van der Waals surface area contributed by atoms with Crippen LogP contribution in [-0.4, -0.2) is 17.7 Å². The number of carbonyl (C=O) groups excluding carboxylic acids is 1. The molecule has 0 aromatic heterocycles. The molecule has 0 spiro atoms. The van der Waals surface area contributed by atoms with Crippen LogP contribution in [0.1, 0.15) is 20.8 Å². The summed E-state index contributed by atoms with van der Waals surface area (Å²) < 4.78 is 43.6. The molecule has 0 heterocycles. The molecule has 7 heteroatoms. The summed E-state index contributed by atoms with van der Waals surface area (Å²) in [5.41, 5.74) is -1.92. The van der Waals surface area contributed by atoms with Crippen molar-refractivity contribution >= 4 is 23.3 Å². The Morgan fingerprint density at radius 1 is 1.19 bits per heavy atom. The molecule has 0 fully saturated rings. The highest BCUT2D eigenvalue weighted by Gasteiger charge is 2.35. The Kier molecular flexibility index (Phi) is 5.28. The van der Waals surface area contributed by atoms with Crippen molar-refractivity contribution in [3.8, 4) is 0 Å². The van der Waals surface area contributed by atoms with Gasteiger partial charge in [-0.1, -0.05) is 11.6 Å². The first kappa shape index (κ1) is 17.4. The third-order valence-corrected chi connectivity index (χ3v) is 2.35. The Hall–Kier alpha value is -1.69. The maximum absolute atomic E-state index is 12.9. The summed E-state index contributed by atoms with van der Waals surface area (Å²) in [5.74, 6) is -1.07. The molecular weight excluding hydrogens is 307 g/mol. The zero-order valence-corrected chi connectivity index (χ0v) is 12.5. The smallest absolute Gasteiger partial charge is 0.431 e. The van der Waals surface area contributed by atoms with E-state index in [1.807, 2.05) is 0 Å². The van der Waals surface area contributed by atoms with Crippen molar-refractivity contribution in [3.05, 3.63) is 41.1 Å². The Morgan fingerprint density at radius 3 is 2.14 bits per heavy atom. The van der Waals surface area contributed by atoms with Crippen molar-refractivity contribution < 1.29 is 22.7 Å². The SMILES string of the molecule is CC(C)(C)OC(=O)/C=C(/Nc1ccc(Cl)cc1)C(F)(F)F. The number of nitrogens with one attached hydrogen (secondary N) is 1. The summed E-state index contributed by atoms with van der Waals surface area (Å²) in [6.07, 6.45) is -4.32. The zero-order chi connectivity index (χ0) is 16.3. The third-order valence-electron chi connectivity index (χ3n) is 2.10. The fourth-order valence-corrected chi connectivity index (χ4v) is 1.45. The van der Waals surface area contributed by atoms with Crippen LogP contribution < -0.4 is 5.32 Å². The lowest BCUT2D eigenvalue weighted by molar-refractivity contribution is -0.149. The minimum atomic E-state index is -4.71. The van der Waals surface area contributed by atoms with E-state index in [0.717, 1.165) is 0 Å². The first-order valence-electron chi connectivity index (χ1n) is 6.02. The number of anilines is 1. The third kappa shape index (κ3) is 6.53. The number of alkyl halides is 3. The van der Waals surface area contributed by atoms with Crippen LogP contribution in [0.3, 0.4) is 0 Å². The fraction of sp³-hybridized carbons (Fsp3) is 0.357. The van der Waals surface area contributed by atoms with Crippen LogP contribution in [0.2, 0.25) is 5.02 Å². The summed E-state index contributed by atoms with van der Waals surface area (Å²) in [6.45, 7) is 4.70. The summed E-state index contributed by atoms with van der Waals surface area (Å²) in [5, 5.41) is 2.53. The summed E-state index contributed by atoms with van der Waals surface area (Å²) in [7, 11) is 0. The molecular formula is C14H15ClF3NO2. The van der Waals surface area contributed by atoms with E-state index in [2.05, 4.69) is 5.32 Å². The molecule has 0 saturated carbocycles. The number of hydrogen-bond acceptors (Lipinski definition) is 3. The molecule has 0 saturated heterocycles. The normalized spacial score (nSPS) is 13.0. The van der Waals surface area contributed by atoms with Crippen molar-refractivity contribution in [3.63, 3.8) is 0 Å². The van der Waals surface area contributed by atoms with Crippen LogP contribution in [0.5, 0.6) is 0 Å². The predicted molar refractivity (Wildman–Crippen MR) is 75.1 cm³/mol. The highest BCUT2D eigenvalue weighted by atomic mass is 35.5. The van der Waals surface area contributed by atoms with Gasteiger partial charge in [0, 0.05) is 10.7 Å². The van der Waals surface area contributed by atoms with Gasteiger partial charge < -0.3 is 10.1 Å². The van der Waals surface area contributed by atoms with E-state index in [0.29, 0.717) is 11.1 Å². The lowest BCUT2D eigenvalue weighted by atomic mass is 10.2. The zero-order valence-electron chi connectivity index (χ0n) is 11.7. The minimum Gasteiger partial charge on any atom is -0.457 e. The van der Waals surface area contributed by atoms with Gasteiger partial charge in [-0.15, -0.1) is 0 Å². The Labute approximate surface area is 125 Å². The standard InChI is InChI=1S/C14H15ClF3NO2/c1-13(2,3)21-12(20)8-11(14(16,17)18)19-10-6-4-9(15)5-7-10/h4-8,19H,1-3H3/b11-8+. The quantitative estimate of drug-likeness (QED) is 0.656. The van der Waals surface area contributed by atoms with E-state index in [1.54, 1.807) is 20.8 Å². The molecule has 0 atom stereocenters. The maximum atomic E-state index is 12.9. The second kappa shape index (κ2) is 6.39. The maximum Gasteiger partial charge on any atom is 0.431 e. The van der Waals surface area contributed by atoms with Crippen molar-refractivity contribution in [1.29, 1.82) is 0 Å². The van der Waals surface area contributed by atoms with Gasteiger partial charge in [0.15, 0.2) is 0 Å². The molecule has 116 valence electrons. The average Bonchev–Trinajstić information content (AvgIpc) is 2.27. The average molecular weight is 322 g/mol. The lowest BCUT2D eigenvalue weighted by Gasteiger charge is -2.19. The van der Waals surface area contributed by atoms with E-state index in [-0.39, 0.29) is 5.69 Å². The van der Waals surface area contributed by atoms with Crippen LogP contribution in [0.25, 0.3) is 0 Å². The summed E-state index contributed by atoms with van der Waals surface area (Å²) in [4.78, 5) is 11.5. The molecule has 0 bridgehead atoms. The number of allylic oxidation sites excluding steroid dienone is 1. The minimum absolute atomic E-state index is 0.159. The highest BCUT2D eigenvalue weighted by Crippen LogP contribution is 2.28. The number of carbonyl (C=O) groups is 1. The molecule has 0 unspecified atom stereocenters. The number of halogens is 4. The molecule has 0 aliphatic carbocycles. The number of esters is 1. The molecule has 1 rings (SSSR count). The van der Waals surface area contributed by atoms with Gasteiger partial charge in [0.2, 0.25) is 0 Å². The van der Waals surface area contributed by atoms with E-state index in [1.165, 1.54) is 24.3 Å². The number of ether oxygens (including phenoxy) is 1. The Bertz CT molecular complexity index is 531. The van der Waals surface area contributed by atoms with Gasteiger partial charge in [0.25, 0.3) is 0 Å². The predicted octanol–water partition coefficient (Wildman–Crippen LogP) is 4.54. The first-order valence-corrected chi connectivity index (χ1v) is 6.39. The second-order valence-corrected chi connectivity index (χ2v) is 5.66. The number of hydrogen-bond donors (Lipinski definition) is 1.